The quantitative estimate of drug-likeness (QED) is 0.808. The zero-order valence-corrected chi connectivity index (χ0v) is 10.9. The van der Waals surface area contributed by atoms with Crippen LogP contribution < -0.4 is 10.6 Å². The van der Waals surface area contributed by atoms with Gasteiger partial charge in [-0.2, -0.15) is 13.2 Å². The van der Waals surface area contributed by atoms with E-state index in [1.165, 1.54) is 12.3 Å². The molecular formula is C11H11BrF3N3. The van der Waals surface area contributed by atoms with Gasteiger partial charge in [0, 0.05) is 18.7 Å². The molecule has 2 rings (SSSR count). The summed E-state index contributed by atoms with van der Waals surface area (Å²) in [4.78, 5) is 5.91. The van der Waals surface area contributed by atoms with Crippen LogP contribution in [0.5, 0.6) is 0 Å². The Labute approximate surface area is 111 Å². The minimum Gasteiger partial charge on any atom is -0.397 e. The molecule has 2 heterocycles. The monoisotopic (exact) mass is 321 g/mol. The van der Waals surface area contributed by atoms with Gasteiger partial charge in [-0.1, -0.05) is 6.08 Å². The lowest BCUT2D eigenvalue weighted by Crippen LogP contribution is -2.32. The second kappa shape index (κ2) is 4.79. The molecule has 2 N–H and O–H groups in total. The number of anilines is 2. The number of nitrogens with zero attached hydrogens (tertiary/aromatic N) is 2. The lowest BCUT2D eigenvalue weighted by molar-refractivity contribution is -0.0944. The Morgan fingerprint density at radius 3 is 2.61 bits per heavy atom. The number of aromatic nitrogens is 1. The summed E-state index contributed by atoms with van der Waals surface area (Å²) < 4.78 is 38.1. The molecule has 0 aromatic carbocycles. The Morgan fingerprint density at radius 1 is 1.39 bits per heavy atom. The van der Waals surface area contributed by atoms with Gasteiger partial charge in [0.25, 0.3) is 0 Å². The van der Waals surface area contributed by atoms with Crippen LogP contribution in [0.15, 0.2) is 28.4 Å². The molecule has 18 heavy (non-hydrogen) atoms. The van der Waals surface area contributed by atoms with Gasteiger partial charge < -0.3 is 10.6 Å². The van der Waals surface area contributed by atoms with Crippen LogP contribution >= 0.6 is 15.9 Å². The van der Waals surface area contributed by atoms with Crippen molar-refractivity contribution in [2.24, 2.45) is 0 Å². The molecule has 0 fully saturated rings. The minimum atomic E-state index is -4.22. The van der Waals surface area contributed by atoms with Gasteiger partial charge in [0.15, 0.2) is 0 Å². The van der Waals surface area contributed by atoms with Crippen molar-refractivity contribution < 1.29 is 13.2 Å². The molecule has 1 aromatic rings. The van der Waals surface area contributed by atoms with Gasteiger partial charge >= 0.3 is 6.18 Å². The molecule has 1 aliphatic rings. The first-order valence-corrected chi connectivity index (χ1v) is 6.09. The largest absolute Gasteiger partial charge is 0.412 e. The number of pyridine rings is 1. The fraction of sp³-hybridized carbons (Fsp3) is 0.364. The first kappa shape index (κ1) is 13.2. The number of rotatable bonds is 1. The summed E-state index contributed by atoms with van der Waals surface area (Å²) in [5, 5.41) is 0. The first-order valence-electron chi connectivity index (χ1n) is 5.30. The molecular weight excluding hydrogens is 311 g/mol. The highest BCUT2D eigenvalue weighted by Crippen LogP contribution is 2.33. The van der Waals surface area contributed by atoms with Gasteiger partial charge in [0.05, 0.1) is 16.4 Å². The predicted molar refractivity (Wildman–Crippen MR) is 67.3 cm³/mol. The second-order valence-electron chi connectivity index (χ2n) is 4.00. The third-order valence-corrected chi connectivity index (χ3v) is 3.30. The van der Waals surface area contributed by atoms with Gasteiger partial charge in [-0.3, -0.25) is 0 Å². The number of halogens is 4. The average Bonchev–Trinajstić information content (AvgIpc) is 2.28. The molecule has 0 amide bonds. The number of nitrogen functional groups attached to an aromatic ring is 1. The molecule has 0 saturated heterocycles. The standard InChI is InChI=1S/C11H11BrF3N3/c12-9-5-8(16)6-17-10(9)18-3-1-7(2-4-18)11(13,14)15/h1,5-6H,2-4,16H2. The Morgan fingerprint density at radius 2 is 2.11 bits per heavy atom. The Kier molecular flexibility index (Phi) is 3.52. The fourth-order valence-corrected chi connectivity index (χ4v) is 2.41. The van der Waals surface area contributed by atoms with Crippen molar-refractivity contribution >= 4 is 27.4 Å². The van der Waals surface area contributed by atoms with E-state index in [0.717, 1.165) is 0 Å². The molecule has 3 nitrogen and oxygen atoms in total. The Bertz CT molecular complexity index is 485. The Balaban J connectivity index is 2.17. The number of nitrogens with two attached hydrogens (primary N) is 1. The van der Waals surface area contributed by atoms with Crippen LogP contribution in [-0.4, -0.2) is 24.2 Å². The van der Waals surface area contributed by atoms with Crippen LogP contribution in [0.25, 0.3) is 0 Å². The molecule has 0 atom stereocenters. The molecule has 1 aliphatic heterocycles. The predicted octanol–water partition coefficient (Wildman–Crippen LogP) is 3.13. The van der Waals surface area contributed by atoms with E-state index >= 15 is 0 Å². The zero-order chi connectivity index (χ0) is 13.3. The van der Waals surface area contributed by atoms with E-state index in [1.807, 2.05) is 0 Å². The third-order valence-electron chi connectivity index (χ3n) is 2.72. The highest BCUT2D eigenvalue weighted by Gasteiger charge is 2.35. The maximum absolute atomic E-state index is 12.5. The summed E-state index contributed by atoms with van der Waals surface area (Å²) in [6, 6.07) is 1.69. The van der Waals surface area contributed by atoms with Crippen molar-refractivity contribution in [3.63, 3.8) is 0 Å². The van der Waals surface area contributed by atoms with E-state index in [2.05, 4.69) is 20.9 Å². The van der Waals surface area contributed by atoms with E-state index in [0.29, 0.717) is 22.5 Å². The third kappa shape index (κ3) is 2.77. The highest BCUT2D eigenvalue weighted by molar-refractivity contribution is 9.10. The van der Waals surface area contributed by atoms with E-state index < -0.39 is 11.7 Å². The molecule has 0 bridgehead atoms. The number of alkyl halides is 3. The summed E-state index contributed by atoms with van der Waals surface area (Å²) in [7, 11) is 0. The molecule has 1 aromatic heterocycles. The van der Waals surface area contributed by atoms with Crippen molar-refractivity contribution in [1.29, 1.82) is 0 Å². The summed E-state index contributed by atoms with van der Waals surface area (Å²) in [6.07, 6.45) is -1.56. The van der Waals surface area contributed by atoms with Crippen LogP contribution in [0.3, 0.4) is 0 Å². The number of hydrogen-bond donors (Lipinski definition) is 1. The van der Waals surface area contributed by atoms with Crippen molar-refractivity contribution in [3.05, 3.63) is 28.4 Å². The lowest BCUT2D eigenvalue weighted by atomic mass is 10.1. The van der Waals surface area contributed by atoms with Crippen LogP contribution in [0.4, 0.5) is 24.7 Å². The molecule has 0 aliphatic carbocycles. The summed E-state index contributed by atoms with van der Waals surface area (Å²) in [5.41, 5.74) is 5.61. The van der Waals surface area contributed by atoms with E-state index in [1.54, 1.807) is 11.0 Å². The van der Waals surface area contributed by atoms with Crippen LogP contribution in [-0.2, 0) is 0 Å². The van der Waals surface area contributed by atoms with Crippen LogP contribution in [0, 0.1) is 0 Å². The Hall–Kier alpha value is -1.24. The van der Waals surface area contributed by atoms with Gasteiger partial charge in [0.2, 0.25) is 0 Å². The van der Waals surface area contributed by atoms with Crippen LogP contribution in [0.1, 0.15) is 6.42 Å². The smallest absolute Gasteiger partial charge is 0.397 e. The van der Waals surface area contributed by atoms with E-state index in [-0.39, 0.29) is 13.0 Å². The maximum atomic E-state index is 12.5. The van der Waals surface area contributed by atoms with Crippen molar-refractivity contribution in [2.75, 3.05) is 23.7 Å². The first-order chi connectivity index (χ1) is 8.38. The van der Waals surface area contributed by atoms with Gasteiger partial charge in [-0.05, 0) is 28.4 Å². The molecule has 0 unspecified atom stereocenters. The molecule has 0 saturated carbocycles. The van der Waals surface area contributed by atoms with Crippen molar-refractivity contribution in [3.8, 4) is 0 Å². The molecule has 0 radical (unpaired) electrons. The van der Waals surface area contributed by atoms with Gasteiger partial charge in [0.1, 0.15) is 5.82 Å². The summed E-state index contributed by atoms with van der Waals surface area (Å²) >= 11 is 3.31. The minimum absolute atomic E-state index is 0.0258. The van der Waals surface area contributed by atoms with Crippen molar-refractivity contribution in [2.45, 2.75) is 12.6 Å². The summed E-state index contributed by atoms with van der Waals surface area (Å²) in [6.45, 7) is 0.491. The normalized spacial score (nSPS) is 16.7. The lowest BCUT2D eigenvalue weighted by Gasteiger charge is -2.28. The van der Waals surface area contributed by atoms with Gasteiger partial charge in [-0.25, -0.2) is 4.98 Å². The second-order valence-corrected chi connectivity index (χ2v) is 4.85. The average molecular weight is 322 g/mol. The molecule has 7 heteroatoms. The topological polar surface area (TPSA) is 42.1 Å². The van der Waals surface area contributed by atoms with Gasteiger partial charge in [-0.15, -0.1) is 0 Å². The van der Waals surface area contributed by atoms with Crippen LogP contribution in [0.2, 0.25) is 0 Å². The zero-order valence-electron chi connectivity index (χ0n) is 9.34. The van der Waals surface area contributed by atoms with Crippen molar-refractivity contribution in [1.82, 2.24) is 4.98 Å². The number of hydrogen-bond acceptors (Lipinski definition) is 3. The van der Waals surface area contributed by atoms with E-state index in [4.69, 9.17) is 5.73 Å². The fourth-order valence-electron chi connectivity index (χ4n) is 1.80. The molecule has 0 spiro atoms. The molecule has 98 valence electrons. The SMILES string of the molecule is Nc1cnc(N2CC=C(C(F)(F)F)CC2)c(Br)c1. The highest BCUT2D eigenvalue weighted by atomic mass is 79.9. The summed E-state index contributed by atoms with van der Waals surface area (Å²) in [5.74, 6) is 0.613. The maximum Gasteiger partial charge on any atom is 0.412 e. The van der Waals surface area contributed by atoms with E-state index in [9.17, 15) is 13.2 Å².